The predicted octanol–water partition coefficient (Wildman–Crippen LogP) is 6.69. The maximum Gasteiger partial charge on any atom is 0.573 e. The second kappa shape index (κ2) is 10.6. The van der Waals surface area contributed by atoms with Gasteiger partial charge in [-0.25, -0.2) is 19.7 Å². The highest BCUT2D eigenvalue weighted by Crippen LogP contribution is 2.42. The Hall–Kier alpha value is -4.94. The highest BCUT2D eigenvalue weighted by molar-refractivity contribution is 5.80. The van der Waals surface area contributed by atoms with E-state index in [0.29, 0.717) is 22.6 Å². The van der Waals surface area contributed by atoms with Gasteiger partial charge in [0.1, 0.15) is 22.6 Å². The molecule has 44 heavy (non-hydrogen) atoms. The normalized spacial score (nSPS) is 14.7. The minimum Gasteiger partial charge on any atom is -0.444 e. The molecular weight excluding hydrogens is 575 g/mol. The van der Waals surface area contributed by atoms with Crippen LogP contribution in [0.25, 0.3) is 39.8 Å². The van der Waals surface area contributed by atoms with Crippen molar-refractivity contribution >= 4 is 17.3 Å². The minimum atomic E-state index is -4.83. The number of nitrogens with one attached hydrogen (secondary N) is 1. The maximum atomic E-state index is 12.9. The number of aromatic nitrogens is 6. The molecule has 0 saturated heterocycles. The molecule has 3 heterocycles. The third-order valence-corrected chi connectivity index (χ3v) is 7.40. The van der Waals surface area contributed by atoms with Gasteiger partial charge in [0.25, 0.3) is 0 Å². The number of rotatable bonds is 6. The fourth-order valence-corrected chi connectivity index (χ4v) is 5.30. The fraction of sp³-hybridized carbons (Fsp3) is 0.323. The number of amides is 1. The average Bonchev–Trinajstić information content (AvgIpc) is 3.51. The van der Waals surface area contributed by atoms with E-state index in [1.54, 1.807) is 24.0 Å². The van der Waals surface area contributed by atoms with E-state index in [9.17, 15) is 18.0 Å². The van der Waals surface area contributed by atoms with Crippen LogP contribution in [0.2, 0.25) is 0 Å². The standard InChI is InChI=1S/C31H30F3N7O3/c1-29(2,3)44-28(42)39-30(14-6-15-30)20-9-11-21(12-10-20)41-26-23(37-27(41)24-13-16-36-40(24)4)18-35-25(38-26)19-7-5-8-22(17-19)43-31(32,33)34/h5,7-13,16-18H,6,14-15H2,1-4H3,(H,39,42). The van der Waals surface area contributed by atoms with Gasteiger partial charge >= 0.3 is 12.5 Å². The number of fused-ring (bicyclic) bond motifs is 1. The van der Waals surface area contributed by atoms with E-state index >= 15 is 0 Å². The molecule has 0 radical (unpaired) electrons. The number of aryl methyl sites for hydroxylation is 1. The summed E-state index contributed by atoms with van der Waals surface area (Å²) < 4.78 is 51.7. The molecule has 2 aromatic carbocycles. The van der Waals surface area contributed by atoms with Crippen LogP contribution in [0.15, 0.2) is 67.0 Å². The van der Waals surface area contributed by atoms with Crippen LogP contribution in [0, 0.1) is 0 Å². The first kappa shape index (κ1) is 29.1. The van der Waals surface area contributed by atoms with Crippen LogP contribution in [0.3, 0.4) is 0 Å². The van der Waals surface area contributed by atoms with Crippen molar-refractivity contribution in [2.75, 3.05) is 0 Å². The molecule has 13 heteroatoms. The van der Waals surface area contributed by atoms with Crippen LogP contribution < -0.4 is 10.1 Å². The number of nitrogens with zero attached hydrogens (tertiary/aromatic N) is 6. The summed E-state index contributed by atoms with van der Waals surface area (Å²) in [5.74, 6) is 0.385. The molecule has 228 valence electrons. The zero-order chi connectivity index (χ0) is 31.3. The lowest BCUT2D eigenvalue weighted by atomic mass is 9.72. The quantitative estimate of drug-likeness (QED) is 0.230. The number of carbonyl (C=O) groups excluding carboxylic acids is 1. The molecule has 3 aromatic heterocycles. The van der Waals surface area contributed by atoms with Crippen molar-refractivity contribution < 1.29 is 27.4 Å². The second-order valence-corrected chi connectivity index (χ2v) is 11.7. The van der Waals surface area contributed by atoms with Crippen molar-refractivity contribution in [2.24, 2.45) is 7.05 Å². The number of benzene rings is 2. The molecule has 1 amide bonds. The molecule has 1 aliphatic rings. The van der Waals surface area contributed by atoms with Gasteiger partial charge in [0, 0.05) is 24.5 Å². The van der Waals surface area contributed by atoms with Crippen LogP contribution in [0.5, 0.6) is 5.75 Å². The Labute approximate surface area is 250 Å². The van der Waals surface area contributed by atoms with Gasteiger partial charge in [0.15, 0.2) is 17.3 Å². The summed E-state index contributed by atoms with van der Waals surface area (Å²) in [7, 11) is 1.80. The lowest BCUT2D eigenvalue weighted by Gasteiger charge is -2.43. The highest BCUT2D eigenvalue weighted by atomic mass is 19.4. The number of halogens is 3. The monoisotopic (exact) mass is 605 g/mol. The van der Waals surface area contributed by atoms with Crippen LogP contribution in [0.4, 0.5) is 18.0 Å². The summed E-state index contributed by atoms with van der Waals surface area (Å²) in [6.45, 7) is 5.48. The Morgan fingerprint density at radius 2 is 1.77 bits per heavy atom. The van der Waals surface area contributed by atoms with E-state index < -0.39 is 23.6 Å². The van der Waals surface area contributed by atoms with Crippen molar-refractivity contribution in [1.29, 1.82) is 0 Å². The Balaban J connectivity index is 1.41. The average molecular weight is 606 g/mol. The number of imidazole rings is 1. The van der Waals surface area contributed by atoms with E-state index in [1.807, 2.05) is 55.7 Å². The molecule has 10 nitrogen and oxygen atoms in total. The van der Waals surface area contributed by atoms with Crippen LogP contribution in [-0.4, -0.2) is 47.4 Å². The molecule has 0 atom stereocenters. The number of carbonyl (C=O) groups is 1. The van der Waals surface area contributed by atoms with E-state index in [0.717, 1.165) is 36.2 Å². The molecule has 1 fully saturated rings. The van der Waals surface area contributed by atoms with Gasteiger partial charge < -0.3 is 14.8 Å². The van der Waals surface area contributed by atoms with E-state index in [2.05, 4.69) is 20.1 Å². The number of alkyl carbamates (subject to hydrolysis) is 1. The molecule has 1 N–H and O–H groups in total. The van der Waals surface area contributed by atoms with Gasteiger partial charge in [-0.05, 0) is 75.9 Å². The second-order valence-electron chi connectivity index (χ2n) is 11.7. The van der Waals surface area contributed by atoms with E-state index in [1.165, 1.54) is 24.4 Å². The van der Waals surface area contributed by atoms with Crippen LogP contribution in [0.1, 0.15) is 45.6 Å². The zero-order valence-electron chi connectivity index (χ0n) is 24.5. The van der Waals surface area contributed by atoms with Crippen molar-refractivity contribution in [1.82, 2.24) is 34.6 Å². The summed E-state index contributed by atoms with van der Waals surface area (Å²) in [6.07, 6.45) is 0.452. The summed E-state index contributed by atoms with van der Waals surface area (Å²) in [6, 6.07) is 15.1. The first-order valence-corrected chi connectivity index (χ1v) is 14.0. The first-order valence-electron chi connectivity index (χ1n) is 14.0. The Morgan fingerprint density at radius 1 is 1.02 bits per heavy atom. The lowest BCUT2D eigenvalue weighted by Crippen LogP contribution is -2.52. The molecule has 1 saturated carbocycles. The number of alkyl halides is 3. The van der Waals surface area contributed by atoms with Crippen molar-refractivity contribution in [3.8, 4) is 34.3 Å². The Kier molecular flexibility index (Phi) is 7.05. The van der Waals surface area contributed by atoms with Crippen LogP contribution in [-0.2, 0) is 17.3 Å². The van der Waals surface area contributed by atoms with Gasteiger partial charge in [-0.2, -0.15) is 5.10 Å². The summed E-state index contributed by atoms with van der Waals surface area (Å²) in [4.78, 5) is 26.6. The molecule has 0 spiro atoms. The van der Waals surface area contributed by atoms with Crippen molar-refractivity contribution in [2.45, 2.75) is 57.5 Å². The smallest absolute Gasteiger partial charge is 0.444 e. The zero-order valence-corrected chi connectivity index (χ0v) is 24.5. The third kappa shape index (κ3) is 5.81. The van der Waals surface area contributed by atoms with Gasteiger partial charge in [0.2, 0.25) is 0 Å². The molecule has 6 rings (SSSR count). The first-order chi connectivity index (χ1) is 20.8. The number of ether oxygens (including phenoxy) is 2. The third-order valence-electron chi connectivity index (χ3n) is 7.40. The van der Waals surface area contributed by atoms with Gasteiger partial charge in [-0.15, -0.1) is 13.2 Å². The Bertz CT molecular complexity index is 1840. The van der Waals surface area contributed by atoms with Gasteiger partial charge in [0.05, 0.1) is 11.7 Å². The molecule has 0 bridgehead atoms. The topological polar surface area (TPSA) is 109 Å². The molecule has 5 aromatic rings. The summed E-state index contributed by atoms with van der Waals surface area (Å²) in [5, 5.41) is 7.37. The fourth-order valence-electron chi connectivity index (χ4n) is 5.30. The number of hydrogen-bond donors (Lipinski definition) is 1. The van der Waals surface area contributed by atoms with Crippen molar-refractivity contribution in [3.05, 3.63) is 72.6 Å². The predicted molar refractivity (Wildman–Crippen MR) is 156 cm³/mol. The van der Waals surface area contributed by atoms with Gasteiger partial charge in [-0.3, -0.25) is 9.25 Å². The van der Waals surface area contributed by atoms with Gasteiger partial charge in [-0.1, -0.05) is 24.3 Å². The summed E-state index contributed by atoms with van der Waals surface area (Å²) >= 11 is 0. The van der Waals surface area contributed by atoms with Crippen molar-refractivity contribution in [3.63, 3.8) is 0 Å². The molecule has 0 aliphatic heterocycles. The Morgan fingerprint density at radius 3 is 2.39 bits per heavy atom. The molecule has 0 unspecified atom stereocenters. The number of hydrogen-bond acceptors (Lipinski definition) is 7. The highest BCUT2D eigenvalue weighted by Gasteiger charge is 2.41. The van der Waals surface area contributed by atoms with Crippen LogP contribution >= 0.6 is 0 Å². The molecule has 1 aliphatic carbocycles. The summed E-state index contributed by atoms with van der Waals surface area (Å²) in [5.41, 5.74) is 2.54. The SMILES string of the molecule is Cn1nccc1-c1nc2cnc(-c3cccc(OC(F)(F)F)c3)nc2n1-c1ccc(C2(NC(=O)OC(C)(C)C)CCC2)cc1. The lowest BCUT2D eigenvalue weighted by molar-refractivity contribution is -0.274. The maximum absolute atomic E-state index is 12.9. The minimum absolute atomic E-state index is 0.203. The molecular formula is C31H30F3N7O3. The largest absolute Gasteiger partial charge is 0.573 e. The van der Waals surface area contributed by atoms with E-state index in [-0.39, 0.29) is 11.6 Å². The van der Waals surface area contributed by atoms with E-state index in [4.69, 9.17) is 14.7 Å².